The molecule has 458 valence electrons. The van der Waals surface area contributed by atoms with Gasteiger partial charge in [-0.3, -0.25) is 18.6 Å². The highest BCUT2D eigenvalue weighted by atomic mass is 31.2. The van der Waals surface area contributed by atoms with E-state index in [2.05, 4.69) is 239 Å². The van der Waals surface area contributed by atoms with Gasteiger partial charge in [-0.25, -0.2) is 4.57 Å². The van der Waals surface area contributed by atoms with Gasteiger partial charge in [0.2, 0.25) is 0 Å². The van der Waals surface area contributed by atoms with Crippen LogP contribution < -0.4 is 5.73 Å². The summed E-state index contributed by atoms with van der Waals surface area (Å²) in [6.45, 7) is 3.35. The van der Waals surface area contributed by atoms with Crippen molar-refractivity contribution >= 4 is 19.8 Å². The van der Waals surface area contributed by atoms with Gasteiger partial charge in [-0.05, 0) is 154 Å². The highest BCUT2D eigenvalue weighted by molar-refractivity contribution is 7.47. The summed E-state index contributed by atoms with van der Waals surface area (Å²) in [6.07, 6.45) is 104. The Hall–Kier alpha value is -5.93. The first kappa shape index (κ1) is 77.1. The molecule has 83 heavy (non-hydrogen) atoms. The minimum absolute atomic E-state index is 0.0243. The maximum Gasteiger partial charge on any atom is 0.472 e. The first-order valence-corrected chi connectivity index (χ1v) is 32.4. The lowest BCUT2D eigenvalue weighted by molar-refractivity contribution is -0.161. The van der Waals surface area contributed by atoms with Gasteiger partial charge in [-0.15, -0.1) is 0 Å². The molecule has 0 fully saturated rings. The number of esters is 2. The highest BCUT2D eigenvalue weighted by Crippen LogP contribution is 2.43. The average molecular weight is 1160 g/mol. The SMILES string of the molecule is CC/C=C\C/C=C\C/C=C\C/C=C\C/C=C\C/C=C\C/C=C\C/C=C\C/C=C\C/C=C\C/C=C\C/C=C\CCCCC(=O)OC(COC(=O)CCC/C=C\C/C=C\C/C=C\C/C=C\C/C=C\C/C=C\C/C=C\CC)COP(=O)(O)OCCN. The minimum atomic E-state index is -4.43. The van der Waals surface area contributed by atoms with Gasteiger partial charge in [0, 0.05) is 19.4 Å². The maximum atomic E-state index is 12.7. The van der Waals surface area contributed by atoms with E-state index >= 15 is 0 Å². The van der Waals surface area contributed by atoms with Gasteiger partial charge in [0.15, 0.2) is 6.10 Å². The summed E-state index contributed by atoms with van der Waals surface area (Å²) in [6, 6.07) is 0. The Morgan fingerprint density at radius 1 is 0.361 bits per heavy atom. The summed E-state index contributed by atoms with van der Waals surface area (Å²) in [4.78, 5) is 35.2. The Labute approximate surface area is 504 Å². The fraction of sp³-hybridized carbons (Fsp3) is 0.452. The van der Waals surface area contributed by atoms with Gasteiger partial charge in [-0.1, -0.05) is 245 Å². The van der Waals surface area contributed by atoms with Gasteiger partial charge in [0.05, 0.1) is 13.2 Å². The number of hydrogen-bond donors (Lipinski definition) is 2. The van der Waals surface area contributed by atoms with Crippen molar-refractivity contribution in [2.24, 2.45) is 5.73 Å². The summed E-state index contributed by atoms with van der Waals surface area (Å²) in [5, 5.41) is 0. The van der Waals surface area contributed by atoms with E-state index < -0.39 is 32.5 Å². The normalized spacial score (nSPS) is 14.6. The third kappa shape index (κ3) is 65.1. The van der Waals surface area contributed by atoms with Crippen LogP contribution in [0.3, 0.4) is 0 Å². The van der Waals surface area contributed by atoms with Gasteiger partial charge in [0.1, 0.15) is 6.61 Å². The van der Waals surface area contributed by atoms with Gasteiger partial charge in [0.25, 0.3) is 0 Å². The lowest BCUT2D eigenvalue weighted by Crippen LogP contribution is -2.29. The van der Waals surface area contributed by atoms with Crippen molar-refractivity contribution in [3.63, 3.8) is 0 Å². The van der Waals surface area contributed by atoms with Gasteiger partial charge in [-0.2, -0.15) is 0 Å². The Kier molecular flexibility index (Phi) is 60.6. The number of rotatable bonds is 54. The van der Waals surface area contributed by atoms with Crippen molar-refractivity contribution in [1.82, 2.24) is 0 Å². The fourth-order valence-corrected chi connectivity index (χ4v) is 7.84. The van der Waals surface area contributed by atoms with Crippen molar-refractivity contribution in [3.05, 3.63) is 231 Å². The van der Waals surface area contributed by atoms with Crippen molar-refractivity contribution < 1.29 is 37.6 Å². The molecule has 0 radical (unpaired) electrons. The second-order valence-electron chi connectivity index (χ2n) is 19.1. The number of unbranched alkanes of at least 4 members (excludes halogenated alkanes) is 3. The van der Waals surface area contributed by atoms with E-state index in [1.807, 2.05) is 6.08 Å². The molecular weight excluding hydrogens is 1050 g/mol. The number of phosphoric acid groups is 1. The zero-order valence-corrected chi connectivity index (χ0v) is 52.0. The molecule has 0 aromatic carbocycles. The van der Waals surface area contributed by atoms with Crippen LogP contribution in [-0.4, -0.2) is 49.3 Å². The molecule has 0 aromatic heterocycles. The molecule has 0 saturated heterocycles. The Morgan fingerprint density at radius 3 is 0.916 bits per heavy atom. The highest BCUT2D eigenvalue weighted by Gasteiger charge is 2.26. The molecule has 9 nitrogen and oxygen atoms in total. The van der Waals surface area contributed by atoms with E-state index in [1.54, 1.807) is 0 Å². The molecule has 0 heterocycles. The van der Waals surface area contributed by atoms with E-state index in [-0.39, 0.29) is 32.6 Å². The molecule has 0 amide bonds. The third-order valence-electron chi connectivity index (χ3n) is 11.5. The number of hydrogen-bond acceptors (Lipinski definition) is 8. The Balaban J connectivity index is 4.21. The predicted octanol–water partition coefficient (Wildman–Crippen LogP) is 20.3. The molecular formula is C73H108NO8P. The van der Waals surface area contributed by atoms with E-state index in [4.69, 9.17) is 24.3 Å². The Bertz CT molecular complexity index is 2200. The molecule has 0 spiro atoms. The van der Waals surface area contributed by atoms with Crippen LogP contribution >= 0.6 is 7.82 Å². The molecule has 2 atom stereocenters. The molecule has 0 aromatic rings. The van der Waals surface area contributed by atoms with Crippen molar-refractivity contribution in [2.75, 3.05) is 26.4 Å². The molecule has 0 bridgehead atoms. The van der Waals surface area contributed by atoms with E-state index in [1.165, 1.54) is 0 Å². The lowest BCUT2D eigenvalue weighted by atomic mass is 10.2. The second-order valence-corrected chi connectivity index (χ2v) is 20.6. The molecule has 0 aliphatic heterocycles. The topological polar surface area (TPSA) is 134 Å². The van der Waals surface area contributed by atoms with Gasteiger partial charge >= 0.3 is 19.8 Å². The Morgan fingerprint density at radius 2 is 0.627 bits per heavy atom. The molecule has 3 N–H and O–H groups in total. The van der Waals surface area contributed by atoms with Crippen LogP contribution in [0.25, 0.3) is 0 Å². The minimum Gasteiger partial charge on any atom is -0.462 e. The zero-order chi connectivity index (χ0) is 60.1. The lowest BCUT2D eigenvalue weighted by Gasteiger charge is -2.19. The third-order valence-corrected chi connectivity index (χ3v) is 12.5. The molecule has 0 rings (SSSR count). The van der Waals surface area contributed by atoms with Crippen LogP contribution in [0.4, 0.5) is 0 Å². The first-order chi connectivity index (χ1) is 40.8. The average Bonchev–Trinajstić information content (AvgIpc) is 3.48. The van der Waals surface area contributed by atoms with E-state index in [9.17, 15) is 19.0 Å². The summed E-state index contributed by atoms with van der Waals surface area (Å²) < 4.78 is 32.9. The van der Waals surface area contributed by atoms with Crippen LogP contribution in [0.1, 0.15) is 181 Å². The monoisotopic (exact) mass is 1160 g/mol. The number of allylic oxidation sites excluding steroid dienone is 38. The quantitative estimate of drug-likeness (QED) is 0.0264. The van der Waals surface area contributed by atoms with Crippen LogP contribution in [0.15, 0.2) is 231 Å². The summed E-state index contributed by atoms with van der Waals surface area (Å²) in [7, 11) is -4.43. The fourth-order valence-electron chi connectivity index (χ4n) is 7.07. The zero-order valence-electron chi connectivity index (χ0n) is 51.1. The number of carbonyl (C=O) groups excluding carboxylic acids is 2. The van der Waals surface area contributed by atoms with E-state index in [0.717, 1.165) is 135 Å². The van der Waals surface area contributed by atoms with Gasteiger partial charge < -0.3 is 20.1 Å². The maximum absolute atomic E-state index is 12.7. The molecule has 0 saturated carbocycles. The van der Waals surface area contributed by atoms with Crippen LogP contribution in [0.2, 0.25) is 0 Å². The van der Waals surface area contributed by atoms with Crippen LogP contribution in [-0.2, 0) is 32.7 Å². The summed E-state index contributed by atoms with van der Waals surface area (Å²) in [5.41, 5.74) is 5.37. The smallest absolute Gasteiger partial charge is 0.462 e. The molecule has 2 unspecified atom stereocenters. The van der Waals surface area contributed by atoms with Crippen molar-refractivity contribution in [3.8, 4) is 0 Å². The second kappa shape index (κ2) is 65.2. The predicted molar refractivity (Wildman–Crippen MR) is 357 cm³/mol. The first-order valence-electron chi connectivity index (χ1n) is 30.9. The number of carbonyl (C=O) groups is 2. The molecule has 0 aliphatic rings. The van der Waals surface area contributed by atoms with Crippen molar-refractivity contribution in [1.29, 1.82) is 0 Å². The molecule has 10 heteroatoms. The number of nitrogens with two attached hydrogens (primary N) is 1. The largest absolute Gasteiger partial charge is 0.472 e. The molecule has 0 aliphatic carbocycles. The number of ether oxygens (including phenoxy) is 2. The van der Waals surface area contributed by atoms with Crippen LogP contribution in [0.5, 0.6) is 0 Å². The number of phosphoric ester groups is 1. The summed E-state index contributed by atoms with van der Waals surface area (Å²) >= 11 is 0. The van der Waals surface area contributed by atoms with Crippen LogP contribution in [0, 0.1) is 0 Å². The van der Waals surface area contributed by atoms with E-state index in [0.29, 0.717) is 19.3 Å². The standard InChI is InChI=1S/C73H108NO8P/c1-3-5-7-9-11-13-15-17-19-21-23-25-27-28-29-30-31-32-33-34-35-36-37-38-39-40-41-42-44-46-48-50-52-54-56-58-60-62-64-66-73(76)82-71(70-81-83(77,78)80-68-67-74)69-79-72(75)65-63-61-59-57-55-53-51-49-47-45-43-26-24-22-20-18-16-14-12-10-8-6-4-2/h5-8,11-14,17-20,23-26,28-29,31-32,34-35,37-38,40-41,44-47,50-53,56-59,71H,3-4,9-10,15-16,21-22,27,30,33,36,39,42-43,48-49,54-55,60-70,74H2,1-2H3,(H,77,78)/b7-5-,8-6-,13-11-,14-12-,19-17-,20-18-,25-23-,26-24-,29-28-,32-31-,35-34-,38-37-,41-40-,46-44-,47-45-,52-50-,53-51-,58-56-,59-57-. The van der Waals surface area contributed by atoms with Crippen molar-refractivity contribution in [2.45, 2.75) is 187 Å². The summed E-state index contributed by atoms with van der Waals surface area (Å²) in [5.74, 6) is -0.973.